The standard InChI is InChI=1S/C22H37NO2/c1-17(2)8-7-9-19-10-11-21(18(3)14-19)22-24-16-20(25-22)15-23-12-5-4-6-13-23/h8,10,18,20-22H,4-7,9,11-16H2,1-3H3/p+1/t18-,20-,21+,22+/m0/s1. The number of hydrogen-bond acceptors (Lipinski definition) is 2. The number of piperidine rings is 1. The van der Waals surface area contributed by atoms with Crippen LogP contribution in [0.3, 0.4) is 0 Å². The van der Waals surface area contributed by atoms with Gasteiger partial charge in [-0.1, -0.05) is 30.2 Å². The smallest absolute Gasteiger partial charge is 0.161 e. The van der Waals surface area contributed by atoms with Crippen LogP contribution in [0.5, 0.6) is 0 Å². The molecule has 0 saturated carbocycles. The van der Waals surface area contributed by atoms with E-state index in [1.165, 1.54) is 57.2 Å². The molecule has 0 spiro atoms. The molecule has 0 aromatic carbocycles. The Hall–Kier alpha value is -0.640. The zero-order valence-electron chi connectivity index (χ0n) is 16.6. The zero-order valence-corrected chi connectivity index (χ0v) is 16.6. The van der Waals surface area contributed by atoms with Crippen molar-refractivity contribution in [3.05, 3.63) is 23.3 Å². The molecular formula is C22H38NO2+. The first kappa shape index (κ1) is 19.1. The molecule has 3 rings (SSSR count). The molecule has 3 heteroatoms. The minimum Gasteiger partial charge on any atom is -0.349 e. The highest BCUT2D eigenvalue weighted by molar-refractivity contribution is 5.10. The van der Waals surface area contributed by atoms with E-state index in [1.807, 2.05) is 0 Å². The van der Waals surface area contributed by atoms with Crippen molar-refractivity contribution in [1.82, 2.24) is 0 Å². The highest BCUT2D eigenvalue weighted by Gasteiger charge is 2.38. The Morgan fingerprint density at radius 3 is 2.76 bits per heavy atom. The van der Waals surface area contributed by atoms with Crippen LogP contribution in [0.25, 0.3) is 0 Å². The van der Waals surface area contributed by atoms with E-state index in [1.54, 1.807) is 10.5 Å². The predicted molar refractivity (Wildman–Crippen MR) is 103 cm³/mol. The molecule has 2 heterocycles. The van der Waals surface area contributed by atoms with Crippen LogP contribution in [0.4, 0.5) is 0 Å². The van der Waals surface area contributed by atoms with Gasteiger partial charge in [-0.15, -0.1) is 0 Å². The number of quaternary nitrogens is 1. The fraction of sp³-hybridized carbons (Fsp3) is 0.818. The Morgan fingerprint density at radius 1 is 1.24 bits per heavy atom. The van der Waals surface area contributed by atoms with E-state index in [-0.39, 0.29) is 6.29 Å². The molecule has 0 unspecified atom stereocenters. The lowest BCUT2D eigenvalue weighted by molar-refractivity contribution is -0.907. The fourth-order valence-electron chi connectivity index (χ4n) is 4.69. The van der Waals surface area contributed by atoms with Gasteiger partial charge in [-0.05, 0) is 64.7 Å². The lowest BCUT2D eigenvalue weighted by Crippen LogP contribution is -3.13. The summed E-state index contributed by atoms with van der Waals surface area (Å²) in [4.78, 5) is 1.72. The highest BCUT2D eigenvalue weighted by Crippen LogP contribution is 2.36. The summed E-state index contributed by atoms with van der Waals surface area (Å²) < 4.78 is 12.4. The normalized spacial score (nSPS) is 34.0. The molecule has 25 heavy (non-hydrogen) atoms. The van der Waals surface area contributed by atoms with E-state index in [2.05, 4.69) is 32.9 Å². The van der Waals surface area contributed by atoms with Crippen LogP contribution in [0.15, 0.2) is 23.3 Å². The molecule has 1 N–H and O–H groups in total. The topological polar surface area (TPSA) is 22.9 Å². The number of likely N-dealkylation sites (tertiary alicyclic amines) is 1. The third kappa shape index (κ3) is 5.67. The van der Waals surface area contributed by atoms with Gasteiger partial charge in [-0.2, -0.15) is 0 Å². The maximum Gasteiger partial charge on any atom is 0.161 e. The average Bonchev–Trinajstić information content (AvgIpc) is 3.04. The maximum atomic E-state index is 6.34. The molecule has 2 aliphatic heterocycles. The first-order valence-electron chi connectivity index (χ1n) is 10.5. The largest absolute Gasteiger partial charge is 0.349 e. The molecule has 0 aromatic rings. The van der Waals surface area contributed by atoms with Gasteiger partial charge >= 0.3 is 0 Å². The number of allylic oxidation sites excluding steroid dienone is 4. The van der Waals surface area contributed by atoms with E-state index in [9.17, 15) is 0 Å². The summed E-state index contributed by atoms with van der Waals surface area (Å²) in [7, 11) is 0. The van der Waals surface area contributed by atoms with Crippen LogP contribution in [0.1, 0.15) is 65.7 Å². The van der Waals surface area contributed by atoms with Crippen molar-refractivity contribution in [2.24, 2.45) is 11.8 Å². The maximum absolute atomic E-state index is 6.34. The molecule has 0 bridgehead atoms. The molecule has 142 valence electrons. The van der Waals surface area contributed by atoms with Gasteiger partial charge in [-0.3, -0.25) is 0 Å². The minimum atomic E-state index is 0.0276. The lowest BCUT2D eigenvalue weighted by atomic mass is 9.79. The lowest BCUT2D eigenvalue weighted by Gasteiger charge is -2.32. The van der Waals surface area contributed by atoms with E-state index >= 15 is 0 Å². The number of rotatable bonds is 6. The molecule has 2 saturated heterocycles. The number of nitrogens with one attached hydrogen (secondary N) is 1. The first-order valence-corrected chi connectivity index (χ1v) is 10.5. The molecule has 2 fully saturated rings. The van der Waals surface area contributed by atoms with Crippen molar-refractivity contribution in [2.75, 3.05) is 26.2 Å². The minimum absolute atomic E-state index is 0.0276. The van der Waals surface area contributed by atoms with E-state index in [0.717, 1.165) is 19.6 Å². The Labute approximate surface area is 154 Å². The summed E-state index contributed by atoms with van der Waals surface area (Å²) >= 11 is 0. The van der Waals surface area contributed by atoms with Crippen molar-refractivity contribution in [3.63, 3.8) is 0 Å². The number of hydrogen-bond donors (Lipinski definition) is 1. The van der Waals surface area contributed by atoms with Crippen molar-refractivity contribution in [3.8, 4) is 0 Å². The molecule has 1 aliphatic carbocycles. The monoisotopic (exact) mass is 348 g/mol. The van der Waals surface area contributed by atoms with E-state index in [0.29, 0.717) is 17.9 Å². The van der Waals surface area contributed by atoms with Gasteiger partial charge in [0.05, 0.1) is 19.7 Å². The van der Waals surface area contributed by atoms with Gasteiger partial charge in [0.15, 0.2) is 6.29 Å². The molecule has 4 atom stereocenters. The average molecular weight is 349 g/mol. The van der Waals surface area contributed by atoms with E-state index in [4.69, 9.17) is 9.47 Å². The molecule has 0 aromatic heterocycles. The van der Waals surface area contributed by atoms with Gasteiger partial charge in [0.1, 0.15) is 12.6 Å². The molecule has 3 aliphatic rings. The summed E-state index contributed by atoms with van der Waals surface area (Å²) in [6.07, 6.45) is 14.1. The summed E-state index contributed by atoms with van der Waals surface area (Å²) in [6, 6.07) is 0. The highest BCUT2D eigenvalue weighted by atomic mass is 16.7. The van der Waals surface area contributed by atoms with Gasteiger partial charge in [0, 0.05) is 5.92 Å². The second-order valence-electron chi connectivity index (χ2n) is 8.74. The van der Waals surface area contributed by atoms with Crippen molar-refractivity contribution in [2.45, 2.75) is 78.1 Å². The summed E-state index contributed by atoms with van der Waals surface area (Å²) in [6.45, 7) is 11.3. The van der Waals surface area contributed by atoms with Gasteiger partial charge < -0.3 is 14.4 Å². The Bertz CT molecular complexity index is 474. The van der Waals surface area contributed by atoms with Crippen LogP contribution < -0.4 is 4.90 Å². The van der Waals surface area contributed by atoms with Gasteiger partial charge in [-0.25, -0.2) is 0 Å². The summed E-state index contributed by atoms with van der Waals surface area (Å²) in [5, 5.41) is 0. The summed E-state index contributed by atoms with van der Waals surface area (Å²) in [5.74, 6) is 1.20. The molecule has 3 nitrogen and oxygen atoms in total. The van der Waals surface area contributed by atoms with Crippen LogP contribution in [0.2, 0.25) is 0 Å². The van der Waals surface area contributed by atoms with Crippen molar-refractivity contribution < 1.29 is 14.4 Å². The Morgan fingerprint density at radius 2 is 2.04 bits per heavy atom. The molecule has 0 radical (unpaired) electrons. The third-order valence-electron chi connectivity index (χ3n) is 6.21. The molecular weight excluding hydrogens is 310 g/mol. The fourth-order valence-corrected chi connectivity index (χ4v) is 4.69. The quantitative estimate of drug-likeness (QED) is 0.742. The SMILES string of the molecule is CC(C)=CCCC1=CC[C@@H]([C@@H]2OC[C@H](C[NH+]3CCCCC3)O2)[C@@H](C)C1. The Kier molecular flexibility index (Phi) is 7.15. The van der Waals surface area contributed by atoms with Crippen LogP contribution in [-0.2, 0) is 9.47 Å². The van der Waals surface area contributed by atoms with Crippen LogP contribution in [-0.4, -0.2) is 38.6 Å². The third-order valence-corrected chi connectivity index (χ3v) is 6.21. The van der Waals surface area contributed by atoms with Gasteiger partial charge in [0.2, 0.25) is 0 Å². The number of ether oxygens (including phenoxy) is 2. The van der Waals surface area contributed by atoms with Crippen LogP contribution in [0, 0.1) is 11.8 Å². The molecule has 0 amide bonds. The van der Waals surface area contributed by atoms with Crippen molar-refractivity contribution >= 4 is 0 Å². The first-order chi connectivity index (χ1) is 12.1. The van der Waals surface area contributed by atoms with Gasteiger partial charge in [0.25, 0.3) is 0 Å². The predicted octanol–water partition coefficient (Wildman–Crippen LogP) is 3.52. The zero-order chi connectivity index (χ0) is 17.6. The second-order valence-corrected chi connectivity index (χ2v) is 8.74. The summed E-state index contributed by atoms with van der Waals surface area (Å²) in [5.41, 5.74) is 3.06. The second kappa shape index (κ2) is 9.34. The van der Waals surface area contributed by atoms with Crippen molar-refractivity contribution in [1.29, 1.82) is 0 Å². The Balaban J connectivity index is 1.45. The van der Waals surface area contributed by atoms with Crippen LogP contribution >= 0.6 is 0 Å². The van der Waals surface area contributed by atoms with E-state index < -0.39 is 0 Å².